The van der Waals surface area contributed by atoms with E-state index in [0.29, 0.717) is 6.61 Å². The molecule has 1 aromatic heterocycles. The lowest BCUT2D eigenvalue weighted by Crippen LogP contribution is -2.19. The molecule has 1 aliphatic rings. The average Bonchev–Trinajstić information content (AvgIpc) is 2.91. The third-order valence-corrected chi connectivity index (χ3v) is 3.08. The number of aromatic nitrogens is 2. The van der Waals surface area contributed by atoms with Crippen molar-refractivity contribution in [1.82, 2.24) is 9.97 Å². The number of hydrogen-bond acceptors (Lipinski definition) is 3. The maximum Gasteiger partial charge on any atom is 0.140 e. The molecule has 4 nitrogen and oxygen atoms in total. The quantitative estimate of drug-likeness (QED) is 0.859. The number of benzene rings is 1. The molecule has 88 valence electrons. The van der Waals surface area contributed by atoms with E-state index in [2.05, 4.69) is 16.0 Å². The first-order valence-corrected chi connectivity index (χ1v) is 5.67. The molecule has 1 aliphatic heterocycles. The lowest BCUT2D eigenvalue weighted by molar-refractivity contribution is 0.0637. The second kappa shape index (κ2) is 4.22. The van der Waals surface area contributed by atoms with E-state index in [1.165, 1.54) is 5.56 Å². The molecule has 0 bridgehead atoms. The van der Waals surface area contributed by atoms with Crippen LogP contribution < -0.4 is 4.74 Å². The number of nitrogens with one attached hydrogen (secondary N) is 1. The van der Waals surface area contributed by atoms with Crippen LogP contribution >= 0.6 is 0 Å². The van der Waals surface area contributed by atoms with Crippen LogP contribution in [0.1, 0.15) is 23.1 Å². The number of methoxy groups -OCH3 is 1. The van der Waals surface area contributed by atoms with Gasteiger partial charge in [0.1, 0.15) is 17.7 Å². The Bertz CT molecular complexity index is 508. The fourth-order valence-electron chi connectivity index (χ4n) is 2.30. The highest BCUT2D eigenvalue weighted by molar-refractivity contribution is 5.44. The van der Waals surface area contributed by atoms with E-state index in [-0.39, 0.29) is 6.10 Å². The first-order valence-electron chi connectivity index (χ1n) is 5.67. The van der Waals surface area contributed by atoms with E-state index < -0.39 is 0 Å². The monoisotopic (exact) mass is 230 g/mol. The van der Waals surface area contributed by atoms with Crippen molar-refractivity contribution in [3.05, 3.63) is 47.5 Å². The molecule has 0 saturated heterocycles. The number of nitrogens with zero attached hydrogens (tertiary/aromatic N) is 1. The van der Waals surface area contributed by atoms with Gasteiger partial charge in [-0.1, -0.05) is 12.1 Å². The first-order chi connectivity index (χ1) is 8.40. The van der Waals surface area contributed by atoms with E-state index in [4.69, 9.17) is 9.47 Å². The lowest BCUT2D eigenvalue weighted by Gasteiger charge is -2.25. The first kappa shape index (κ1) is 10.4. The smallest absolute Gasteiger partial charge is 0.140 e. The van der Waals surface area contributed by atoms with Crippen molar-refractivity contribution in [2.75, 3.05) is 13.7 Å². The number of aromatic amines is 1. The average molecular weight is 230 g/mol. The van der Waals surface area contributed by atoms with Crippen molar-refractivity contribution in [2.24, 2.45) is 0 Å². The van der Waals surface area contributed by atoms with Gasteiger partial charge in [0, 0.05) is 18.0 Å². The van der Waals surface area contributed by atoms with Gasteiger partial charge in [-0.25, -0.2) is 4.98 Å². The molecule has 2 heterocycles. The zero-order valence-electron chi connectivity index (χ0n) is 9.64. The van der Waals surface area contributed by atoms with Crippen molar-refractivity contribution in [1.29, 1.82) is 0 Å². The summed E-state index contributed by atoms with van der Waals surface area (Å²) in [6.45, 7) is 0.693. The van der Waals surface area contributed by atoms with E-state index in [0.717, 1.165) is 23.6 Å². The van der Waals surface area contributed by atoms with Gasteiger partial charge in [0.15, 0.2) is 0 Å². The molecule has 1 atom stereocenters. The molecule has 3 rings (SSSR count). The van der Waals surface area contributed by atoms with E-state index in [1.54, 1.807) is 13.3 Å². The molecular formula is C13H14N2O2. The van der Waals surface area contributed by atoms with Crippen LogP contribution in [0.4, 0.5) is 0 Å². The number of rotatable bonds is 2. The van der Waals surface area contributed by atoms with Crippen molar-refractivity contribution >= 4 is 0 Å². The zero-order valence-corrected chi connectivity index (χ0v) is 9.64. The highest BCUT2D eigenvalue weighted by Gasteiger charge is 2.26. The standard InChI is InChI=1S/C13H14N2O2/c1-16-11-4-2-3-10-9(11)5-8-17-12(10)13-14-6-7-15-13/h2-4,6-7,12H,5,8H2,1H3,(H,14,15). The predicted molar refractivity (Wildman–Crippen MR) is 63.1 cm³/mol. The molecule has 0 aliphatic carbocycles. The largest absolute Gasteiger partial charge is 0.496 e. The van der Waals surface area contributed by atoms with Crippen molar-refractivity contribution < 1.29 is 9.47 Å². The molecule has 1 unspecified atom stereocenters. The van der Waals surface area contributed by atoms with Gasteiger partial charge >= 0.3 is 0 Å². The Morgan fingerprint density at radius 2 is 2.41 bits per heavy atom. The summed E-state index contributed by atoms with van der Waals surface area (Å²) in [6.07, 6.45) is 4.33. The van der Waals surface area contributed by atoms with Crippen LogP contribution in [0.15, 0.2) is 30.6 Å². The maximum atomic E-state index is 5.80. The van der Waals surface area contributed by atoms with Gasteiger partial charge in [-0.2, -0.15) is 0 Å². The van der Waals surface area contributed by atoms with Gasteiger partial charge in [-0.3, -0.25) is 0 Å². The summed E-state index contributed by atoms with van der Waals surface area (Å²) in [7, 11) is 1.70. The summed E-state index contributed by atoms with van der Waals surface area (Å²) in [5, 5.41) is 0. The Morgan fingerprint density at radius 1 is 1.47 bits per heavy atom. The minimum atomic E-state index is -0.108. The maximum absolute atomic E-state index is 5.80. The van der Waals surface area contributed by atoms with Gasteiger partial charge in [0.25, 0.3) is 0 Å². The summed E-state index contributed by atoms with van der Waals surface area (Å²) in [5.74, 6) is 1.78. The number of ether oxygens (including phenoxy) is 2. The summed E-state index contributed by atoms with van der Waals surface area (Å²) in [4.78, 5) is 7.38. The number of H-pyrrole nitrogens is 1. The Morgan fingerprint density at radius 3 is 3.18 bits per heavy atom. The van der Waals surface area contributed by atoms with Gasteiger partial charge in [-0.15, -0.1) is 0 Å². The molecule has 0 fully saturated rings. The van der Waals surface area contributed by atoms with Crippen LogP contribution in [0, 0.1) is 0 Å². The molecular weight excluding hydrogens is 216 g/mol. The highest BCUT2D eigenvalue weighted by Crippen LogP contribution is 2.35. The second-order valence-electron chi connectivity index (χ2n) is 4.00. The van der Waals surface area contributed by atoms with Crippen LogP contribution in [0.2, 0.25) is 0 Å². The van der Waals surface area contributed by atoms with E-state index >= 15 is 0 Å². The van der Waals surface area contributed by atoms with Gasteiger partial charge in [0.05, 0.1) is 13.7 Å². The second-order valence-corrected chi connectivity index (χ2v) is 4.00. The highest BCUT2D eigenvalue weighted by atomic mass is 16.5. The molecule has 1 N–H and O–H groups in total. The van der Waals surface area contributed by atoms with E-state index in [9.17, 15) is 0 Å². The molecule has 0 spiro atoms. The summed E-state index contributed by atoms with van der Waals surface area (Å²) in [6, 6.07) is 6.05. The Balaban J connectivity index is 2.08. The molecule has 0 amide bonds. The van der Waals surface area contributed by atoms with E-state index in [1.807, 2.05) is 18.3 Å². The van der Waals surface area contributed by atoms with Crippen LogP contribution in [0.5, 0.6) is 5.75 Å². The molecule has 0 saturated carbocycles. The third kappa shape index (κ3) is 1.70. The predicted octanol–water partition coefficient (Wildman–Crippen LogP) is 2.08. The minimum absolute atomic E-state index is 0.108. The third-order valence-electron chi connectivity index (χ3n) is 3.08. The van der Waals surface area contributed by atoms with Crippen molar-refractivity contribution in [3.8, 4) is 5.75 Å². The van der Waals surface area contributed by atoms with Gasteiger partial charge < -0.3 is 14.5 Å². The summed E-state index contributed by atoms with van der Waals surface area (Å²) >= 11 is 0. The van der Waals surface area contributed by atoms with Crippen LogP contribution in [-0.2, 0) is 11.2 Å². The van der Waals surface area contributed by atoms with Crippen LogP contribution in [0.3, 0.4) is 0 Å². The van der Waals surface area contributed by atoms with Crippen molar-refractivity contribution in [3.63, 3.8) is 0 Å². The molecule has 17 heavy (non-hydrogen) atoms. The van der Waals surface area contributed by atoms with Gasteiger partial charge in [0.2, 0.25) is 0 Å². The molecule has 2 aromatic rings. The SMILES string of the molecule is COc1cccc2c1CCOC2c1ncc[nH]1. The fraction of sp³-hybridized carbons (Fsp3) is 0.308. The molecule has 4 heteroatoms. The normalized spacial score (nSPS) is 18.8. The lowest BCUT2D eigenvalue weighted by atomic mass is 9.96. The number of imidazole rings is 1. The van der Waals surface area contributed by atoms with Crippen LogP contribution in [0.25, 0.3) is 0 Å². The molecule has 1 aromatic carbocycles. The molecule has 0 radical (unpaired) electrons. The zero-order chi connectivity index (χ0) is 11.7. The number of fused-ring (bicyclic) bond motifs is 1. The Hall–Kier alpha value is -1.81. The Labute approximate surface area is 99.6 Å². The summed E-state index contributed by atoms with van der Waals surface area (Å²) < 4.78 is 11.2. The van der Waals surface area contributed by atoms with Crippen molar-refractivity contribution in [2.45, 2.75) is 12.5 Å². The minimum Gasteiger partial charge on any atom is -0.496 e. The summed E-state index contributed by atoms with van der Waals surface area (Å²) in [5.41, 5.74) is 2.37. The fourth-order valence-corrected chi connectivity index (χ4v) is 2.30. The van der Waals surface area contributed by atoms with Gasteiger partial charge in [-0.05, 0) is 18.1 Å². The Kier molecular flexibility index (Phi) is 2.57. The number of hydrogen-bond donors (Lipinski definition) is 1. The topological polar surface area (TPSA) is 47.1 Å². The van der Waals surface area contributed by atoms with Crippen LogP contribution in [-0.4, -0.2) is 23.7 Å².